The van der Waals surface area contributed by atoms with E-state index in [0.29, 0.717) is 18.7 Å². The van der Waals surface area contributed by atoms with Crippen LogP contribution < -0.4 is 0 Å². The molecule has 0 N–H and O–H groups in total. The summed E-state index contributed by atoms with van der Waals surface area (Å²) >= 11 is 0. The first kappa shape index (κ1) is 6.58. The molecular formula is C8H9NO2. The highest BCUT2D eigenvalue weighted by atomic mass is 16.4. The lowest BCUT2D eigenvalue weighted by Gasteiger charge is -2.05. The summed E-state index contributed by atoms with van der Waals surface area (Å²) in [5.74, 6) is 1.85. The van der Waals surface area contributed by atoms with Crippen molar-refractivity contribution in [1.29, 1.82) is 0 Å². The number of carbonyl (C=O) groups is 1. The molecule has 0 amide bonds. The standard InChI is InChI=1S/C8H9NO2/c1-5-9-7-4-6(10)2-3-8(7)11-5/h2-4H2,1H3. The van der Waals surface area contributed by atoms with Crippen LogP contribution in [0.5, 0.6) is 0 Å². The molecule has 1 aliphatic rings. The second kappa shape index (κ2) is 2.19. The monoisotopic (exact) mass is 151 g/mol. The van der Waals surface area contributed by atoms with Crippen molar-refractivity contribution in [1.82, 2.24) is 4.98 Å². The van der Waals surface area contributed by atoms with Crippen molar-refractivity contribution in [3.63, 3.8) is 0 Å². The summed E-state index contributed by atoms with van der Waals surface area (Å²) in [6.07, 6.45) is 1.81. The van der Waals surface area contributed by atoms with Gasteiger partial charge in [-0.15, -0.1) is 0 Å². The normalized spacial score (nSPS) is 16.6. The molecule has 1 aromatic heterocycles. The van der Waals surface area contributed by atoms with Gasteiger partial charge in [0.15, 0.2) is 5.89 Å². The summed E-state index contributed by atoms with van der Waals surface area (Å²) < 4.78 is 5.29. The number of ketones is 1. The number of nitrogens with zero attached hydrogens (tertiary/aromatic N) is 1. The molecule has 1 aliphatic carbocycles. The summed E-state index contributed by atoms with van der Waals surface area (Å²) in [4.78, 5) is 15.1. The number of aryl methyl sites for hydroxylation is 2. The van der Waals surface area contributed by atoms with Crippen LogP contribution in [0.2, 0.25) is 0 Å². The topological polar surface area (TPSA) is 43.1 Å². The largest absolute Gasteiger partial charge is 0.446 e. The molecule has 0 aromatic carbocycles. The molecule has 0 aliphatic heterocycles. The lowest BCUT2D eigenvalue weighted by molar-refractivity contribution is -0.118. The third kappa shape index (κ3) is 1.06. The van der Waals surface area contributed by atoms with Gasteiger partial charge < -0.3 is 4.42 Å². The van der Waals surface area contributed by atoms with Crippen molar-refractivity contribution >= 4 is 5.78 Å². The Hall–Kier alpha value is -1.12. The van der Waals surface area contributed by atoms with Crippen LogP contribution in [0.4, 0.5) is 0 Å². The molecule has 0 atom stereocenters. The van der Waals surface area contributed by atoms with Crippen LogP contribution in [0.1, 0.15) is 23.8 Å². The Morgan fingerprint density at radius 3 is 3.09 bits per heavy atom. The third-order valence-electron chi connectivity index (χ3n) is 1.88. The number of hydrogen-bond donors (Lipinski definition) is 0. The number of carbonyl (C=O) groups excluding carboxylic acids is 1. The van der Waals surface area contributed by atoms with Gasteiger partial charge in [0.25, 0.3) is 0 Å². The number of hydrogen-bond acceptors (Lipinski definition) is 3. The van der Waals surface area contributed by atoms with Gasteiger partial charge in [0.1, 0.15) is 11.5 Å². The van der Waals surface area contributed by atoms with Crippen molar-refractivity contribution < 1.29 is 9.21 Å². The SMILES string of the molecule is Cc1nc2c(o1)CCC(=O)C2. The third-order valence-corrected chi connectivity index (χ3v) is 1.88. The fourth-order valence-electron chi connectivity index (χ4n) is 1.37. The Morgan fingerprint density at radius 2 is 2.27 bits per heavy atom. The number of aromatic nitrogens is 1. The first-order valence-corrected chi connectivity index (χ1v) is 3.72. The molecule has 3 nitrogen and oxygen atoms in total. The lowest BCUT2D eigenvalue weighted by atomic mass is 10.0. The highest BCUT2D eigenvalue weighted by Crippen LogP contribution is 2.18. The molecule has 0 radical (unpaired) electrons. The maximum Gasteiger partial charge on any atom is 0.191 e. The minimum Gasteiger partial charge on any atom is -0.446 e. The van der Waals surface area contributed by atoms with Gasteiger partial charge in [0, 0.05) is 19.8 Å². The molecular weight excluding hydrogens is 142 g/mol. The minimum atomic E-state index is 0.269. The average molecular weight is 151 g/mol. The Bertz CT molecular complexity index is 301. The molecule has 1 heterocycles. The van der Waals surface area contributed by atoms with Gasteiger partial charge in [-0.05, 0) is 0 Å². The van der Waals surface area contributed by atoms with Gasteiger partial charge in [0.05, 0.1) is 12.1 Å². The summed E-state index contributed by atoms with van der Waals surface area (Å²) in [6, 6.07) is 0. The van der Waals surface area contributed by atoms with E-state index in [1.165, 1.54) is 0 Å². The molecule has 11 heavy (non-hydrogen) atoms. The molecule has 0 fully saturated rings. The zero-order chi connectivity index (χ0) is 7.84. The number of Topliss-reactive ketones (excluding diaryl/α,β-unsaturated/α-hetero) is 1. The average Bonchev–Trinajstić information content (AvgIpc) is 2.27. The Morgan fingerprint density at radius 1 is 1.45 bits per heavy atom. The Kier molecular flexibility index (Phi) is 1.31. The van der Waals surface area contributed by atoms with Crippen LogP contribution >= 0.6 is 0 Å². The van der Waals surface area contributed by atoms with Crippen LogP contribution in [-0.2, 0) is 17.6 Å². The van der Waals surface area contributed by atoms with Crippen LogP contribution in [0, 0.1) is 6.92 Å². The van der Waals surface area contributed by atoms with Crippen molar-refractivity contribution in [3.8, 4) is 0 Å². The van der Waals surface area contributed by atoms with Gasteiger partial charge in [-0.3, -0.25) is 4.79 Å². The van der Waals surface area contributed by atoms with Crippen molar-refractivity contribution in [2.75, 3.05) is 0 Å². The molecule has 0 saturated carbocycles. The van der Waals surface area contributed by atoms with E-state index < -0.39 is 0 Å². The van der Waals surface area contributed by atoms with E-state index >= 15 is 0 Å². The number of rotatable bonds is 0. The van der Waals surface area contributed by atoms with Gasteiger partial charge >= 0.3 is 0 Å². The molecule has 0 spiro atoms. The van der Waals surface area contributed by atoms with Gasteiger partial charge in [-0.2, -0.15) is 0 Å². The fourth-order valence-corrected chi connectivity index (χ4v) is 1.37. The second-order valence-corrected chi connectivity index (χ2v) is 2.82. The molecule has 0 bridgehead atoms. The summed E-state index contributed by atoms with van der Waals surface area (Å²) in [7, 11) is 0. The van der Waals surface area contributed by atoms with Crippen LogP contribution in [0.3, 0.4) is 0 Å². The maximum atomic E-state index is 11.0. The zero-order valence-corrected chi connectivity index (χ0v) is 6.39. The second-order valence-electron chi connectivity index (χ2n) is 2.82. The summed E-state index contributed by atoms with van der Waals surface area (Å²) in [5.41, 5.74) is 0.846. The molecule has 3 heteroatoms. The van der Waals surface area contributed by atoms with E-state index in [1.807, 2.05) is 6.92 Å². The van der Waals surface area contributed by atoms with Crippen LogP contribution in [0.25, 0.3) is 0 Å². The van der Waals surface area contributed by atoms with E-state index in [-0.39, 0.29) is 5.78 Å². The minimum absolute atomic E-state index is 0.269. The molecule has 2 rings (SSSR count). The quantitative estimate of drug-likeness (QED) is 0.556. The van der Waals surface area contributed by atoms with E-state index in [0.717, 1.165) is 17.9 Å². The van der Waals surface area contributed by atoms with Crippen LogP contribution in [-0.4, -0.2) is 10.8 Å². The molecule has 0 saturated heterocycles. The van der Waals surface area contributed by atoms with Crippen molar-refractivity contribution in [2.45, 2.75) is 26.2 Å². The van der Waals surface area contributed by atoms with E-state index in [2.05, 4.69) is 4.98 Å². The van der Waals surface area contributed by atoms with E-state index in [4.69, 9.17) is 4.42 Å². The predicted molar refractivity (Wildman–Crippen MR) is 38.3 cm³/mol. The smallest absolute Gasteiger partial charge is 0.191 e. The first-order chi connectivity index (χ1) is 5.25. The zero-order valence-electron chi connectivity index (χ0n) is 6.39. The van der Waals surface area contributed by atoms with Gasteiger partial charge in [-0.25, -0.2) is 4.98 Å². The lowest BCUT2D eigenvalue weighted by Crippen LogP contribution is -2.11. The fraction of sp³-hybridized carbons (Fsp3) is 0.500. The first-order valence-electron chi connectivity index (χ1n) is 3.72. The summed E-state index contributed by atoms with van der Waals surface area (Å²) in [6.45, 7) is 1.81. The van der Waals surface area contributed by atoms with Gasteiger partial charge in [-0.1, -0.05) is 0 Å². The highest BCUT2D eigenvalue weighted by Gasteiger charge is 2.20. The van der Waals surface area contributed by atoms with Crippen molar-refractivity contribution in [2.24, 2.45) is 0 Å². The van der Waals surface area contributed by atoms with Crippen molar-refractivity contribution in [3.05, 3.63) is 17.3 Å². The van der Waals surface area contributed by atoms with Crippen LogP contribution in [0.15, 0.2) is 4.42 Å². The van der Waals surface area contributed by atoms with E-state index in [9.17, 15) is 4.79 Å². The Balaban J connectivity index is 2.41. The maximum absolute atomic E-state index is 11.0. The van der Waals surface area contributed by atoms with E-state index in [1.54, 1.807) is 0 Å². The summed E-state index contributed by atoms with van der Waals surface area (Å²) in [5, 5.41) is 0. The molecule has 0 unspecified atom stereocenters. The number of fused-ring (bicyclic) bond motifs is 1. The van der Waals surface area contributed by atoms with Gasteiger partial charge in [0.2, 0.25) is 0 Å². The number of oxazole rings is 1. The molecule has 1 aromatic rings. The highest BCUT2D eigenvalue weighted by molar-refractivity contribution is 5.82. The Labute approximate surface area is 64.4 Å². The predicted octanol–water partition coefficient (Wildman–Crippen LogP) is 1.04. The molecule has 58 valence electrons.